The Bertz CT molecular complexity index is 419. The van der Waals surface area contributed by atoms with Gasteiger partial charge in [0.15, 0.2) is 0 Å². The Labute approximate surface area is 117 Å². The number of benzene rings is 1. The Morgan fingerprint density at radius 1 is 1.50 bits per heavy atom. The van der Waals surface area contributed by atoms with Crippen molar-refractivity contribution in [3.8, 4) is 0 Å². The summed E-state index contributed by atoms with van der Waals surface area (Å²) in [6.45, 7) is 3.02. The van der Waals surface area contributed by atoms with E-state index in [-0.39, 0.29) is 0 Å². The molecule has 1 aliphatic heterocycles. The van der Waals surface area contributed by atoms with Crippen molar-refractivity contribution in [2.24, 2.45) is 0 Å². The summed E-state index contributed by atoms with van der Waals surface area (Å²) >= 11 is 3.50. The van der Waals surface area contributed by atoms with Crippen molar-refractivity contribution < 1.29 is 4.79 Å². The lowest BCUT2D eigenvalue weighted by molar-refractivity contribution is -0.131. The van der Waals surface area contributed by atoms with Gasteiger partial charge < -0.3 is 4.90 Å². The second-order valence-electron chi connectivity index (χ2n) is 5.03. The van der Waals surface area contributed by atoms with Crippen LogP contribution >= 0.6 is 15.9 Å². The minimum atomic E-state index is 0.304. The number of hydrogen-bond acceptors (Lipinski definition) is 1. The minimum absolute atomic E-state index is 0.304. The molecule has 0 aromatic heterocycles. The lowest BCUT2D eigenvalue weighted by atomic mass is 10.1. The number of alkyl halides is 1. The minimum Gasteiger partial charge on any atom is -0.339 e. The third kappa shape index (κ3) is 3.35. The van der Waals surface area contributed by atoms with Gasteiger partial charge in [-0.05, 0) is 31.7 Å². The molecule has 1 fully saturated rings. The zero-order chi connectivity index (χ0) is 13.0. The van der Waals surface area contributed by atoms with Gasteiger partial charge in [0.1, 0.15) is 0 Å². The molecule has 0 bridgehead atoms. The van der Waals surface area contributed by atoms with Crippen LogP contribution in [0.2, 0.25) is 0 Å². The molecule has 1 saturated heterocycles. The maximum absolute atomic E-state index is 12.2. The highest BCUT2D eigenvalue weighted by molar-refractivity contribution is 9.09. The molecule has 0 aliphatic carbocycles. The van der Waals surface area contributed by atoms with E-state index in [0.29, 0.717) is 18.4 Å². The van der Waals surface area contributed by atoms with Crippen LogP contribution < -0.4 is 0 Å². The molecule has 2 nitrogen and oxygen atoms in total. The molecule has 3 heteroatoms. The number of halogens is 1. The third-order valence-electron chi connectivity index (χ3n) is 3.59. The molecule has 1 aliphatic rings. The number of aryl methyl sites for hydroxylation is 2. The van der Waals surface area contributed by atoms with Gasteiger partial charge in [-0.15, -0.1) is 0 Å². The van der Waals surface area contributed by atoms with Gasteiger partial charge in [-0.1, -0.05) is 45.8 Å². The fourth-order valence-corrected chi connectivity index (χ4v) is 3.26. The van der Waals surface area contributed by atoms with E-state index in [0.717, 1.165) is 31.1 Å². The number of carbonyl (C=O) groups is 1. The third-order valence-corrected chi connectivity index (χ3v) is 4.33. The van der Waals surface area contributed by atoms with Crippen molar-refractivity contribution in [1.29, 1.82) is 0 Å². The number of carbonyl (C=O) groups excluding carboxylic acids is 1. The smallest absolute Gasteiger partial charge is 0.223 e. The molecule has 1 aromatic carbocycles. The van der Waals surface area contributed by atoms with Crippen LogP contribution in [0.4, 0.5) is 0 Å². The molecule has 0 N–H and O–H groups in total. The average molecular weight is 310 g/mol. The van der Waals surface area contributed by atoms with Crippen LogP contribution in [0.3, 0.4) is 0 Å². The molecule has 1 aromatic rings. The van der Waals surface area contributed by atoms with Crippen LogP contribution in [0.1, 0.15) is 30.4 Å². The van der Waals surface area contributed by atoms with E-state index in [1.807, 2.05) is 4.90 Å². The zero-order valence-electron chi connectivity index (χ0n) is 10.9. The summed E-state index contributed by atoms with van der Waals surface area (Å²) in [5.41, 5.74) is 2.53. The topological polar surface area (TPSA) is 20.3 Å². The largest absolute Gasteiger partial charge is 0.339 e. The fourth-order valence-electron chi connectivity index (χ4n) is 2.59. The molecule has 0 spiro atoms. The number of hydrogen-bond donors (Lipinski definition) is 0. The number of rotatable bonds is 4. The fraction of sp³-hybridized carbons (Fsp3) is 0.533. The quantitative estimate of drug-likeness (QED) is 0.781. The van der Waals surface area contributed by atoms with Gasteiger partial charge in [0.05, 0.1) is 0 Å². The van der Waals surface area contributed by atoms with Crippen molar-refractivity contribution >= 4 is 21.8 Å². The maximum atomic E-state index is 12.2. The predicted molar refractivity (Wildman–Crippen MR) is 78.0 cm³/mol. The maximum Gasteiger partial charge on any atom is 0.223 e. The first-order valence-electron chi connectivity index (χ1n) is 6.61. The van der Waals surface area contributed by atoms with Gasteiger partial charge in [0.25, 0.3) is 0 Å². The van der Waals surface area contributed by atoms with Gasteiger partial charge in [0, 0.05) is 24.3 Å². The van der Waals surface area contributed by atoms with Gasteiger partial charge in [-0.3, -0.25) is 4.79 Å². The summed E-state index contributed by atoms with van der Waals surface area (Å²) in [6, 6.07) is 8.83. The van der Waals surface area contributed by atoms with E-state index in [1.165, 1.54) is 11.1 Å². The summed E-state index contributed by atoms with van der Waals surface area (Å²) in [5, 5.41) is 0.906. The molecule has 1 unspecified atom stereocenters. The molecule has 98 valence electrons. The molecule has 1 atom stereocenters. The molecule has 0 saturated carbocycles. The van der Waals surface area contributed by atoms with Crippen molar-refractivity contribution in [3.63, 3.8) is 0 Å². The Hall–Kier alpha value is -0.830. The first kappa shape index (κ1) is 13.6. The second kappa shape index (κ2) is 6.37. The second-order valence-corrected chi connectivity index (χ2v) is 5.67. The van der Waals surface area contributed by atoms with Crippen molar-refractivity contribution in [1.82, 2.24) is 4.90 Å². The van der Waals surface area contributed by atoms with Crippen LogP contribution in [0.5, 0.6) is 0 Å². The predicted octanol–water partition coefficient (Wildman–Crippen LogP) is 3.31. The van der Waals surface area contributed by atoms with E-state index >= 15 is 0 Å². The van der Waals surface area contributed by atoms with Crippen LogP contribution in [-0.4, -0.2) is 28.7 Å². The van der Waals surface area contributed by atoms with E-state index in [9.17, 15) is 4.79 Å². The number of nitrogens with zero attached hydrogens (tertiary/aromatic N) is 1. The monoisotopic (exact) mass is 309 g/mol. The summed E-state index contributed by atoms with van der Waals surface area (Å²) in [6.07, 6.45) is 3.77. The summed E-state index contributed by atoms with van der Waals surface area (Å²) in [7, 11) is 0. The average Bonchev–Trinajstić information content (AvgIpc) is 2.84. The van der Waals surface area contributed by atoms with Crippen molar-refractivity contribution in [3.05, 3.63) is 35.4 Å². The van der Waals surface area contributed by atoms with Gasteiger partial charge in [-0.25, -0.2) is 0 Å². The molecule has 18 heavy (non-hydrogen) atoms. The summed E-state index contributed by atoms with van der Waals surface area (Å²) in [4.78, 5) is 14.2. The molecular formula is C15H20BrNO. The Morgan fingerprint density at radius 3 is 3.06 bits per heavy atom. The number of likely N-dealkylation sites (tertiary alicyclic amines) is 1. The normalized spacial score (nSPS) is 19.2. The first-order chi connectivity index (χ1) is 8.70. The van der Waals surface area contributed by atoms with Gasteiger partial charge in [-0.2, -0.15) is 0 Å². The van der Waals surface area contributed by atoms with E-state index in [4.69, 9.17) is 0 Å². The highest BCUT2D eigenvalue weighted by Crippen LogP contribution is 2.20. The van der Waals surface area contributed by atoms with Crippen molar-refractivity contribution in [2.45, 2.75) is 38.6 Å². The van der Waals surface area contributed by atoms with Crippen LogP contribution in [0.15, 0.2) is 24.3 Å². The van der Waals surface area contributed by atoms with E-state index in [2.05, 4.69) is 47.1 Å². The van der Waals surface area contributed by atoms with Crippen LogP contribution in [-0.2, 0) is 11.2 Å². The molecule has 2 rings (SSSR count). The summed E-state index contributed by atoms with van der Waals surface area (Å²) < 4.78 is 0. The first-order valence-corrected chi connectivity index (χ1v) is 7.74. The van der Waals surface area contributed by atoms with Crippen LogP contribution in [0, 0.1) is 6.92 Å². The van der Waals surface area contributed by atoms with Crippen molar-refractivity contribution in [2.75, 3.05) is 11.9 Å². The summed E-state index contributed by atoms with van der Waals surface area (Å²) in [5.74, 6) is 0.304. The Balaban J connectivity index is 1.88. The molecule has 0 radical (unpaired) electrons. The zero-order valence-corrected chi connectivity index (χ0v) is 12.4. The molecular weight excluding hydrogens is 290 g/mol. The van der Waals surface area contributed by atoms with E-state index in [1.54, 1.807) is 0 Å². The SMILES string of the molecule is Cc1cccc(CCC(=O)N2CCCC2CBr)c1. The molecule has 1 heterocycles. The molecule has 1 amide bonds. The van der Waals surface area contributed by atoms with Gasteiger partial charge in [0.2, 0.25) is 5.91 Å². The number of amides is 1. The lowest BCUT2D eigenvalue weighted by Crippen LogP contribution is -2.36. The lowest BCUT2D eigenvalue weighted by Gasteiger charge is -2.23. The van der Waals surface area contributed by atoms with Gasteiger partial charge >= 0.3 is 0 Å². The Kier molecular flexibility index (Phi) is 4.81. The van der Waals surface area contributed by atoms with Crippen LogP contribution in [0.25, 0.3) is 0 Å². The standard InChI is InChI=1S/C15H20BrNO/c1-12-4-2-5-13(10-12)7-8-15(18)17-9-3-6-14(17)11-16/h2,4-5,10,14H,3,6-9,11H2,1H3. The van der Waals surface area contributed by atoms with E-state index < -0.39 is 0 Å². The highest BCUT2D eigenvalue weighted by Gasteiger charge is 2.27. The highest BCUT2D eigenvalue weighted by atomic mass is 79.9. The Morgan fingerprint density at radius 2 is 2.33 bits per heavy atom.